The van der Waals surface area contributed by atoms with Crippen molar-refractivity contribution in [3.8, 4) is 11.1 Å². The van der Waals surface area contributed by atoms with Gasteiger partial charge in [0.2, 0.25) is 0 Å². The molecule has 208 valence electrons. The van der Waals surface area contributed by atoms with Gasteiger partial charge < -0.3 is 4.42 Å². The summed E-state index contributed by atoms with van der Waals surface area (Å²) in [6.45, 7) is 0. The van der Waals surface area contributed by atoms with E-state index in [2.05, 4.69) is 133 Å². The molecule has 0 spiro atoms. The molecule has 45 heavy (non-hydrogen) atoms. The van der Waals surface area contributed by atoms with Crippen molar-refractivity contribution in [2.45, 2.75) is 12.8 Å². The Morgan fingerprint density at radius 2 is 1.00 bits per heavy atom. The lowest BCUT2D eigenvalue weighted by molar-refractivity contribution is 0.592. The molecule has 1 nitrogen and oxygen atoms in total. The molecule has 1 aliphatic carbocycles. The summed E-state index contributed by atoms with van der Waals surface area (Å²) in [7, 11) is 0. The van der Waals surface area contributed by atoms with Crippen LogP contribution in [0.5, 0.6) is 0 Å². The second kappa shape index (κ2) is 8.49. The van der Waals surface area contributed by atoms with Gasteiger partial charge in [-0.2, -0.15) is 0 Å². The molecular weight excluding hydrogens is 544 g/mol. The van der Waals surface area contributed by atoms with E-state index in [4.69, 9.17) is 4.42 Å². The van der Waals surface area contributed by atoms with Gasteiger partial charge in [0.1, 0.15) is 11.3 Å². The Bertz CT molecular complexity index is 2780. The van der Waals surface area contributed by atoms with Gasteiger partial charge in [0.25, 0.3) is 0 Å². The fourth-order valence-electron chi connectivity index (χ4n) is 8.43. The quantitative estimate of drug-likeness (QED) is 0.188. The molecule has 11 rings (SSSR count). The van der Waals surface area contributed by atoms with Crippen molar-refractivity contribution in [2.24, 2.45) is 0 Å². The fourth-order valence-corrected chi connectivity index (χ4v) is 8.43. The summed E-state index contributed by atoms with van der Waals surface area (Å²) in [5.74, 6) is 1.02. The van der Waals surface area contributed by atoms with Crippen molar-refractivity contribution >= 4 is 81.2 Å². The van der Waals surface area contributed by atoms with E-state index in [9.17, 15) is 0 Å². The molecule has 10 aromatic rings. The first-order chi connectivity index (χ1) is 22.3. The van der Waals surface area contributed by atoms with E-state index < -0.39 is 0 Å². The Labute approximate surface area is 259 Å². The largest absolute Gasteiger partial charge is 0.455 e. The molecule has 9 aromatic carbocycles. The van der Waals surface area contributed by atoms with E-state index >= 15 is 0 Å². The summed E-state index contributed by atoms with van der Waals surface area (Å²) in [5, 5.41) is 16.9. The second-order valence-electron chi connectivity index (χ2n) is 12.7. The van der Waals surface area contributed by atoms with Crippen LogP contribution < -0.4 is 0 Å². The Kier molecular flexibility index (Phi) is 4.48. The Hall–Kier alpha value is -5.66. The number of hydrogen-bond acceptors (Lipinski definition) is 1. The Balaban J connectivity index is 1.13. The third kappa shape index (κ3) is 3.12. The summed E-state index contributed by atoms with van der Waals surface area (Å²) in [5.41, 5.74) is 7.14. The standard InChI is InChI=1S/C44H26O/c1-5-25-15-17-30-23-32(24-31-18-16-26(6-1)39(25)41(30)31)33-9-3-11-37-38-12-4-10-36(44(38)45-43(33)37)34-21-19-29-14-13-27-7-2-8-28-20-22-35(34)42(29)40(27)28/h1-2,4-10,12-24H,3,11H2. The van der Waals surface area contributed by atoms with Crippen LogP contribution in [0.1, 0.15) is 23.3 Å². The molecule has 1 aromatic heterocycles. The number of benzene rings is 9. The van der Waals surface area contributed by atoms with Crippen molar-refractivity contribution in [1.29, 1.82) is 0 Å². The van der Waals surface area contributed by atoms with Gasteiger partial charge >= 0.3 is 0 Å². The molecule has 0 aliphatic heterocycles. The maximum absolute atomic E-state index is 7.01. The molecule has 0 saturated carbocycles. The number of hydrogen-bond donors (Lipinski definition) is 0. The van der Waals surface area contributed by atoms with E-state index in [0.29, 0.717) is 0 Å². The molecule has 0 fully saturated rings. The predicted molar refractivity (Wildman–Crippen MR) is 191 cm³/mol. The molecule has 0 saturated heterocycles. The lowest BCUT2D eigenvalue weighted by atomic mass is 9.87. The van der Waals surface area contributed by atoms with Crippen LogP contribution in [0.3, 0.4) is 0 Å². The maximum Gasteiger partial charge on any atom is 0.142 e. The summed E-state index contributed by atoms with van der Waals surface area (Å²) >= 11 is 0. The van der Waals surface area contributed by atoms with Gasteiger partial charge in [-0.1, -0.05) is 121 Å². The van der Waals surface area contributed by atoms with Crippen molar-refractivity contribution in [2.75, 3.05) is 0 Å². The van der Waals surface area contributed by atoms with Crippen LogP contribution in [-0.4, -0.2) is 0 Å². The first kappa shape index (κ1) is 23.8. The zero-order chi connectivity index (χ0) is 29.2. The molecule has 0 N–H and O–H groups in total. The van der Waals surface area contributed by atoms with Crippen LogP contribution in [-0.2, 0) is 6.42 Å². The van der Waals surface area contributed by atoms with Gasteiger partial charge in [-0.05, 0) is 101 Å². The van der Waals surface area contributed by atoms with E-state index in [1.54, 1.807) is 0 Å². The molecule has 0 amide bonds. The number of aryl methyl sites for hydroxylation is 1. The predicted octanol–water partition coefficient (Wildman–Crippen LogP) is 12.3. The highest BCUT2D eigenvalue weighted by Crippen LogP contribution is 2.46. The Morgan fingerprint density at radius 1 is 0.444 bits per heavy atom. The van der Waals surface area contributed by atoms with Crippen LogP contribution in [0.15, 0.2) is 138 Å². The minimum atomic E-state index is 0.988. The second-order valence-corrected chi connectivity index (χ2v) is 12.7. The van der Waals surface area contributed by atoms with Gasteiger partial charge in [0.05, 0.1) is 0 Å². The van der Waals surface area contributed by atoms with Crippen LogP contribution in [0.4, 0.5) is 0 Å². The molecule has 0 radical (unpaired) electrons. The fraction of sp³-hybridized carbons (Fsp3) is 0.0455. The third-order valence-corrected chi connectivity index (χ3v) is 10.4. The van der Waals surface area contributed by atoms with Gasteiger partial charge in [-0.25, -0.2) is 0 Å². The number of rotatable bonds is 2. The molecule has 0 bridgehead atoms. The number of para-hydroxylation sites is 1. The average molecular weight is 571 g/mol. The van der Waals surface area contributed by atoms with E-state index in [0.717, 1.165) is 29.7 Å². The highest BCUT2D eigenvalue weighted by Gasteiger charge is 2.25. The summed E-state index contributed by atoms with van der Waals surface area (Å²) < 4.78 is 7.01. The Morgan fingerprint density at radius 3 is 1.71 bits per heavy atom. The van der Waals surface area contributed by atoms with Crippen molar-refractivity contribution in [3.05, 3.63) is 150 Å². The molecule has 1 aliphatic rings. The summed E-state index contributed by atoms with van der Waals surface area (Å²) in [6, 6.07) is 47.3. The lowest BCUT2D eigenvalue weighted by Crippen LogP contribution is -1.98. The van der Waals surface area contributed by atoms with E-state index in [1.807, 2.05) is 0 Å². The van der Waals surface area contributed by atoms with Crippen LogP contribution in [0.25, 0.3) is 92.3 Å². The zero-order valence-corrected chi connectivity index (χ0v) is 24.5. The minimum Gasteiger partial charge on any atom is -0.455 e. The van der Waals surface area contributed by atoms with Crippen molar-refractivity contribution in [3.63, 3.8) is 0 Å². The SMILES string of the molecule is C1=C(c2cc3ccc4cccc5ccc(c2)c3c45)c2oc3c(-c4ccc5ccc6cccc7ccc4c5c67)cccc3c2CC1. The van der Waals surface area contributed by atoms with E-state index in [1.165, 1.54) is 92.3 Å². The molecule has 1 heterocycles. The first-order valence-corrected chi connectivity index (χ1v) is 15.9. The highest BCUT2D eigenvalue weighted by atomic mass is 16.3. The normalized spacial score (nSPS) is 13.7. The molecular formula is C44H26O. The number of fused-ring (bicyclic) bond motifs is 3. The van der Waals surface area contributed by atoms with Crippen LogP contribution in [0, 0.1) is 0 Å². The number of allylic oxidation sites excluding steroid dienone is 1. The van der Waals surface area contributed by atoms with Gasteiger partial charge in [-0.15, -0.1) is 0 Å². The lowest BCUT2D eigenvalue weighted by Gasteiger charge is -2.16. The highest BCUT2D eigenvalue weighted by molar-refractivity contribution is 6.26. The summed E-state index contributed by atoms with van der Waals surface area (Å²) in [4.78, 5) is 0. The smallest absolute Gasteiger partial charge is 0.142 e. The average Bonchev–Trinajstić information content (AvgIpc) is 3.49. The van der Waals surface area contributed by atoms with Crippen LogP contribution in [0.2, 0.25) is 0 Å². The first-order valence-electron chi connectivity index (χ1n) is 15.9. The third-order valence-electron chi connectivity index (χ3n) is 10.4. The van der Waals surface area contributed by atoms with E-state index in [-0.39, 0.29) is 0 Å². The zero-order valence-electron chi connectivity index (χ0n) is 24.5. The topological polar surface area (TPSA) is 13.1 Å². The van der Waals surface area contributed by atoms with Crippen molar-refractivity contribution in [1.82, 2.24) is 0 Å². The monoisotopic (exact) mass is 570 g/mol. The summed E-state index contributed by atoms with van der Waals surface area (Å²) in [6.07, 6.45) is 4.38. The maximum atomic E-state index is 7.01. The van der Waals surface area contributed by atoms with Crippen molar-refractivity contribution < 1.29 is 4.42 Å². The molecule has 1 heteroatoms. The van der Waals surface area contributed by atoms with Gasteiger partial charge in [0, 0.05) is 22.1 Å². The van der Waals surface area contributed by atoms with Gasteiger partial charge in [-0.3, -0.25) is 0 Å². The van der Waals surface area contributed by atoms with Gasteiger partial charge in [0.15, 0.2) is 0 Å². The molecule has 0 atom stereocenters. The minimum absolute atomic E-state index is 0.988. The molecule has 0 unspecified atom stereocenters. The van der Waals surface area contributed by atoms with Crippen LogP contribution >= 0.6 is 0 Å². The number of furan rings is 1.